The van der Waals surface area contributed by atoms with Crippen LogP contribution in [0.25, 0.3) is 33.8 Å². The van der Waals surface area contributed by atoms with Crippen LogP contribution in [-0.4, -0.2) is 0 Å². The molecule has 1 aromatic heterocycles. The van der Waals surface area contributed by atoms with Crippen LogP contribution in [0.4, 0.5) is 0 Å². The topological polar surface area (TPSA) is 46.2 Å². The lowest BCUT2D eigenvalue weighted by Gasteiger charge is -2.39. The Morgan fingerprint density at radius 1 is 0.513 bits per heavy atom. The van der Waals surface area contributed by atoms with Gasteiger partial charge in [0, 0.05) is 22.3 Å². The van der Waals surface area contributed by atoms with Gasteiger partial charge < -0.3 is 9.15 Å². The number of fused-ring (bicyclic) bond motifs is 9. The lowest BCUT2D eigenvalue weighted by Crippen LogP contribution is -2.32. The third kappa shape index (κ3) is 2.97. The highest BCUT2D eigenvalue weighted by Gasteiger charge is 2.51. The van der Waals surface area contributed by atoms with Gasteiger partial charge in [-0.1, -0.05) is 66.7 Å². The summed E-state index contributed by atoms with van der Waals surface area (Å²) in [5.41, 5.74) is 9.32. The predicted molar refractivity (Wildman–Crippen MR) is 152 cm³/mol. The molecule has 1 aliphatic carbocycles. The Labute approximate surface area is 226 Å². The van der Waals surface area contributed by atoms with Crippen molar-refractivity contribution in [1.29, 1.82) is 5.26 Å². The van der Waals surface area contributed by atoms with Crippen LogP contribution in [0.2, 0.25) is 0 Å². The zero-order valence-corrected chi connectivity index (χ0v) is 20.9. The van der Waals surface area contributed by atoms with Crippen molar-refractivity contribution < 1.29 is 9.15 Å². The van der Waals surface area contributed by atoms with Crippen LogP contribution in [0.1, 0.15) is 27.8 Å². The Balaban J connectivity index is 1.36. The van der Waals surface area contributed by atoms with Gasteiger partial charge in [-0.05, 0) is 82.9 Å². The molecule has 2 aliphatic rings. The molecule has 0 bridgehead atoms. The molecule has 0 fully saturated rings. The standard InChI is InChI=1S/C36H21NO2/c37-22-23-13-15-24(16-14-23)32-19-20-33(38-32)25-17-18-35-31(21-25)36(30-11-5-6-12-34(30)39-35)28-9-3-1-7-26(28)27-8-2-4-10-29(27)36/h1-21H. The summed E-state index contributed by atoms with van der Waals surface area (Å²) in [7, 11) is 0. The van der Waals surface area contributed by atoms with E-state index in [2.05, 4.69) is 91.0 Å². The third-order valence-corrected chi connectivity index (χ3v) is 8.04. The molecule has 1 spiro atoms. The van der Waals surface area contributed by atoms with Crippen molar-refractivity contribution >= 4 is 0 Å². The van der Waals surface area contributed by atoms with Crippen LogP contribution in [-0.2, 0) is 5.41 Å². The van der Waals surface area contributed by atoms with E-state index in [0.29, 0.717) is 5.56 Å². The molecule has 6 aromatic rings. The summed E-state index contributed by atoms with van der Waals surface area (Å²) >= 11 is 0. The van der Waals surface area contributed by atoms with E-state index < -0.39 is 5.41 Å². The van der Waals surface area contributed by atoms with Crippen molar-refractivity contribution in [3.8, 4) is 51.3 Å². The number of ether oxygens (including phenoxy) is 1. The highest BCUT2D eigenvalue weighted by Crippen LogP contribution is 2.62. The minimum Gasteiger partial charge on any atom is -0.457 e. The summed E-state index contributed by atoms with van der Waals surface area (Å²) in [6.07, 6.45) is 0. The van der Waals surface area contributed by atoms with Crippen LogP contribution in [0.15, 0.2) is 132 Å². The molecule has 3 heteroatoms. The van der Waals surface area contributed by atoms with Crippen molar-refractivity contribution in [2.45, 2.75) is 5.41 Å². The molecule has 0 amide bonds. The number of furan rings is 1. The maximum atomic E-state index is 9.14. The van der Waals surface area contributed by atoms with Gasteiger partial charge >= 0.3 is 0 Å². The zero-order chi connectivity index (χ0) is 26.0. The maximum Gasteiger partial charge on any atom is 0.134 e. The monoisotopic (exact) mass is 499 g/mol. The number of hydrogen-bond acceptors (Lipinski definition) is 3. The van der Waals surface area contributed by atoms with Crippen molar-refractivity contribution in [3.05, 3.63) is 155 Å². The fourth-order valence-electron chi connectivity index (χ4n) is 6.37. The molecule has 39 heavy (non-hydrogen) atoms. The molecule has 0 radical (unpaired) electrons. The van der Waals surface area contributed by atoms with Crippen LogP contribution < -0.4 is 4.74 Å². The first-order chi connectivity index (χ1) is 19.3. The second kappa shape index (κ2) is 8.08. The second-order valence-electron chi connectivity index (χ2n) is 10.0. The number of nitriles is 1. The van der Waals surface area contributed by atoms with Crippen molar-refractivity contribution in [3.63, 3.8) is 0 Å². The minimum absolute atomic E-state index is 0.504. The molecule has 1 aliphatic heterocycles. The minimum atomic E-state index is -0.504. The number of para-hydroxylation sites is 1. The van der Waals surface area contributed by atoms with Crippen molar-refractivity contribution in [2.75, 3.05) is 0 Å². The number of rotatable bonds is 2. The van der Waals surface area contributed by atoms with E-state index in [9.17, 15) is 0 Å². The third-order valence-electron chi connectivity index (χ3n) is 8.04. The fourth-order valence-corrected chi connectivity index (χ4v) is 6.37. The van der Waals surface area contributed by atoms with Gasteiger partial charge in [0.05, 0.1) is 17.0 Å². The molecule has 0 N–H and O–H groups in total. The number of benzene rings is 5. The van der Waals surface area contributed by atoms with Gasteiger partial charge in [-0.2, -0.15) is 5.26 Å². The van der Waals surface area contributed by atoms with E-state index in [1.54, 1.807) is 0 Å². The molecule has 2 heterocycles. The molecule has 0 saturated heterocycles. The van der Waals surface area contributed by atoms with Gasteiger partial charge in [-0.25, -0.2) is 0 Å². The first-order valence-corrected chi connectivity index (χ1v) is 13.0. The first kappa shape index (κ1) is 21.7. The highest BCUT2D eigenvalue weighted by molar-refractivity contribution is 5.89. The molecule has 8 rings (SSSR count). The van der Waals surface area contributed by atoms with Gasteiger partial charge in [-0.3, -0.25) is 0 Å². The first-order valence-electron chi connectivity index (χ1n) is 13.0. The zero-order valence-electron chi connectivity index (χ0n) is 20.9. The van der Waals surface area contributed by atoms with Crippen LogP contribution in [0.5, 0.6) is 11.5 Å². The lowest BCUT2D eigenvalue weighted by molar-refractivity contribution is 0.436. The van der Waals surface area contributed by atoms with Crippen LogP contribution in [0, 0.1) is 11.3 Å². The number of hydrogen-bond donors (Lipinski definition) is 0. The smallest absolute Gasteiger partial charge is 0.134 e. The molecule has 0 atom stereocenters. The molecule has 3 nitrogen and oxygen atoms in total. The quantitative estimate of drug-likeness (QED) is 0.238. The summed E-state index contributed by atoms with van der Waals surface area (Å²) in [4.78, 5) is 0. The van der Waals surface area contributed by atoms with Gasteiger partial charge in [0.1, 0.15) is 23.0 Å². The molecule has 0 unspecified atom stereocenters. The Hall–Kier alpha value is -5.33. The van der Waals surface area contributed by atoms with E-state index >= 15 is 0 Å². The van der Waals surface area contributed by atoms with Crippen molar-refractivity contribution in [2.24, 2.45) is 0 Å². The Morgan fingerprint density at radius 2 is 1.08 bits per heavy atom. The van der Waals surface area contributed by atoms with E-state index in [4.69, 9.17) is 14.4 Å². The van der Waals surface area contributed by atoms with E-state index in [0.717, 1.165) is 45.3 Å². The fraction of sp³-hybridized carbons (Fsp3) is 0.0278. The SMILES string of the molecule is N#Cc1ccc(-c2ccc(-c3ccc4c(c3)C3(c5ccccc5O4)c4ccccc4-c4ccccc43)o2)cc1. The van der Waals surface area contributed by atoms with Gasteiger partial charge in [-0.15, -0.1) is 0 Å². The molecular formula is C36H21NO2. The van der Waals surface area contributed by atoms with E-state index in [-0.39, 0.29) is 0 Å². The summed E-state index contributed by atoms with van der Waals surface area (Å²) in [6, 6.07) is 45.8. The van der Waals surface area contributed by atoms with Crippen LogP contribution >= 0.6 is 0 Å². The van der Waals surface area contributed by atoms with Crippen molar-refractivity contribution in [1.82, 2.24) is 0 Å². The summed E-state index contributed by atoms with van der Waals surface area (Å²) in [5.74, 6) is 3.28. The average Bonchev–Trinajstić information content (AvgIpc) is 3.60. The van der Waals surface area contributed by atoms with Gasteiger partial charge in [0.2, 0.25) is 0 Å². The highest BCUT2D eigenvalue weighted by atomic mass is 16.5. The summed E-state index contributed by atoms with van der Waals surface area (Å²) < 4.78 is 12.9. The molecule has 182 valence electrons. The molecular weight excluding hydrogens is 478 g/mol. The van der Waals surface area contributed by atoms with E-state index in [1.165, 1.54) is 22.3 Å². The Kier molecular flexibility index (Phi) is 4.50. The molecule has 5 aromatic carbocycles. The number of nitrogens with zero attached hydrogens (tertiary/aromatic N) is 1. The Bertz CT molecular complexity index is 1910. The second-order valence-corrected chi connectivity index (χ2v) is 10.0. The molecule has 0 saturated carbocycles. The predicted octanol–water partition coefficient (Wildman–Crippen LogP) is 8.95. The summed E-state index contributed by atoms with van der Waals surface area (Å²) in [5, 5.41) is 9.14. The maximum absolute atomic E-state index is 9.14. The van der Waals surface area contributed by atoms with E-state index in [1.807, 2.05) is 42.5 Å². The van der Waals surface area contributed by atoms with Gasteiger partial charge in [0.15, 0.2) is 0 Å². The lowest BCUT2D eigenvalue weighted by atomic mass is 9.66. The average molecular weight is 500 g/mol. The normalized spacial score (nSPS) is 13.5. The Morgan fingerprint density at radius 3 is 1.77 bits per heavy atom. The summed E-state index contributed by atoms with van der Waals surface area (Å²) in [6.45, 7) is 0. The van der Waals surface area contributed by atoms with Gasteiger partial charge in [0.25, 0.3) is 0 Å². The van der Waals surface area contributed by atoms with Crippen LogP contribution in [0.3, 0.4) is 0 Å². The largest absolute Gasteiger partial charge is 0.457 e.